The predicted octanol–water partition coefficient (Wildman–Crippen LogP) is 3.88. The van der Waals surface area contributed by atoms with Gasteiger partial charge < -0.3 is 15.6 Å². The van der Waals surface area contributed by atoms with Crippen molar-refractivity contribution in [1.82, 2.24) is 25.4 Å². The Morgan fingerprint density at radius 1 is 1.10 bits per heavy atom. The lowest BCUT2D eigenvalue weighted by molar-refractivity contribution is 0.794. The van der Waals surface area contributed by atoms with Crippen molar-refractivity contribution in [3.05, 3.63) is 84.3 Å². The van der Waals surface area contributed by atoms with Crippen molar-refractivity contribution in [3.8, 4) is 5.69 Å². The minimum absolute atomic E-state index is 0. The van der Waals surface area contributed by atoms with Crippen molar-refractivity contribution in [2.75, 3.05) is 13.6 Å². The Bertz CT molecular complexity index is 1070. The maximum absolute atomic E-state index is 4.33. The van der Waals surface area contributed by atoms with Crippen molar-refractivity contribution in [1.29, 1.82) is 0 Å². The van der Waals surface area contributed by atoms with E-state index >= 15 is 0 Å². The third-order valence-electron chi connectivity index (χ3n) is 4.72. The second-order valence-corrected chi connectivity index (χ2v) is 6.58. The lowest BCUT2D eigenvalue weighted by atomic mass is 10.1. The van der Waals surface area contributed by atoms with Crippen LogP contribution in [0.5, 0.6) is 0 Å². The molecule has 7 heteroatoms. The maximum atomic E-state index is 4.33. The van der Waals surface area contributed by atoms with E-state index in [2.05, 4.69) is 62.2 Å². The van der Waals surface area contributed by atoms with Crippen LogP contribution in [0, 0.1) is 0 Å². The Hall–Kier alpha value is -2.81. The van der Waals surface area contributed by atoms with Crippen LogP contribution in [0.1, 0.15) is 11.1 Å². The van der Waals surface area contributed by atoms with Crippen molar-refractivity contribution < 1.29 is 0 Å². The Morgan fingerprint density at radius 2 is 2.00 bits per heavy atom. The lowest BCUT2D eigenvalue weighted by Crippen LogP contribution is -2.37. The van der Waals surface area contributed by atoms with Crippen LogP contribution in [0.15, 0.2) is 78.2 Å². The Balaban J connectivity index is 0.00000240. The van der Waals surface area contributed by atoms with Crippen LogP contribution in [0.4, 0.5) is 0 Å². The lowest BCUT2D eigenvalue weighted by Gasteiger charge is -2.12. The number of rotatable bonds is 6. The number of aromatic nitrogens is 3. The zero-order valence-electron chi connectivity index (χ0n) is 16.3. The molecule has 4 aromatic rings. The van der Waals surface area contributed by atoms with E-state index in [-0.39, 0.29) is 24.0 Å². The summed E-state index contributed by atoms with van der Waals surface area (Å²) in [5.41, 5.74) is 4.71. The van der Waals surface area contributed by atoms with Gasteiger partial charge in [0.2, 0.25) is 0 Å². The van der Waals surface area contributed by atoms with Crippen molar-refractivity contribution in [3.63, 3.8) is 0 Å². The summed E-state index contributed by atoms with van der Waals surface area (Å²) >= 11 is 0. The smallest absolute Gasteiger partial charge is 0.191 e. The molecule has 3 N–H and O–H groups in total. The normalized spacial score (nSPS) is 11.3. The molecule has 6 nitrogen and oxygen atoms in total. The van der Waals surface area contributed by atoms with Crippen molar-refractivity contribution >= 4 is 40.8 Å². The molecule has 0 saturated heterocycles. The van der Waals surface area contributed by atoms with Crippen molar-refractivity contribution in [2.24, 2.45) is 4.99 Å². The molecule has 0 radical (unpaired) electrons. The van der Waals surface area contributed by atoms with E-state index in [1.807, 2.05) is 35.1 Å². The summed E-state index contributed by atoms with van der Waals surface area (Å²) in [6, 6.07) is 18.6. The summed E-state index contributed by atoms with van der Waals surface area (Å²) < 4.78 is 1.86. The van der Waals surface area contributed by atoms with Gasteiger partial charge in [-0.1, -0.05) is 30.3 Å². The molecule has 2 aromatic heterocycles. The standard InChI is InChI=1S/C22H24N6.HI/c1-23-22(24-12-10-18-16-25-21-9-3-2-8-20(18)21)26-15-17-6-4-7-19(14-17)28-13-5-11-27-28;/h2-9,11,13-14,16,25H,10,12,15H2,1H3,(H2,23,24,26);1H. The molecule has 0 aliphatic carbocycles. The summed E-state index contributed by atoms with van der Waals surface area (Å²) in [5, 5.41) is 12.3. The molecule has 2 aromatic carbocycles. The minimum atomic E-state index is 0. The highest BCUT2D eigenvalue weighted by Gasteiger charge is 2.04. The number of guanidine groups is 1. The minimum Gasteiger partial charge on any atom is -0.361 e. The quantitative estimate of drug-likeness (QED) is 0.214. The summed E-state index contributed by atoms with van der Waals surface area (Å²) in [6.07, 6.45) is 6.74. The number of para-hydroxylation sites is 1. The number of hydrogen-bond donors (Lipinski definition) is 3. The second kappa shape index (κ2) is 10.1. The van der Waals surface area contributed by atoms with Crippen molar-refractivity contribution in [2.45, 2.75) is 13.0 Å². The monoisotopic (exact) mass is 500 g/mol. The van der Waals surface area contributed by atoms with Gasteiger partial charge in [0.25, 0.3) is 0 Å². The van der Waals surface area contributed by atoms with Crippen LogP contribution < -0.4 is 10.6 Å². The topological polar surface area (TPSA) is 70.0 Å². The Kier molecular flexibility index (Phi) is 7.29. The fourth-order valence-corrected chi connectivity index (χ4v) is 3.29. The number of fused-ring (bicyclic) bond motifs is 1. The van der Waals surface area contributed by atoms with Crippen LogP contribution in [0.3, 0.4) is 0 Å². The molecule has 0 spiro atoms. The second-order valence-electron chi connectivity index (χ2n) is 6.58. The first-order valence-electron chi connectivity index (χ1n) is 9.42. The summed E-state index contributed by atoms with van der Waals surface area (Å²) in [7, 11) is 1.79. The molecule has 0 saturated carbocycles. The molecule has 0 bridgehead atoms. The molecule has 0 aliphatic rings. The highest BCUT2D eigenvalue weighted by atomic mass is 127. The van der Waals surface area contributed by atoms with E-state index in [0.29, 0.717) is 6.54 Å². The first kappa shape index (κ1) is 20.9. The van der Waals surface area contributed by atoms with E-state index in [4.69, 9.17) is 0 Å². The van der Waals surface area contributed by atoms with E-state index in [0.717, 1.165) is 24.6 Å². The molecule has 0 fully saturated rings. The van der Waals surface area contributed by atoms with E-state index in [1.54, 1.807) is 13.2 Å². The summed E-state index contributed by atoms with van der Waals surface area (Å²) in [5.74, 6) is 0.796. The number of H-pyrrole nitrogens is 1. The molecule has 0 unspecified atom stereocenters. The number of halogens is 1. The Labute approximate surface area is 187 Å². The average molecular weight is 500 g/mol. The maximum Gasteiger partial charge on any atom is 0.191 e. The van der Waals surface area contributed by atoms with Crippen LogP contribution in [-0.4, -0.2) is 34.3 Å². The number of nitrogens with zero attached hydrogens (tertiary/aromatic N) is 3. The number of hydrogen-bond acceptors (Lipinski definition) is 2. The average Bonchev–Trinajstić information content (AvgIpc) is 3.41. The first-order valence-corrected chi connectivity index (χ1v) is 9.42. The van der Waals surface area contributed by atoms with E-state index in [1.165, 1.54) is 22.0 Å². The fraction of sp³-hybridized carbons (Fsp3) is 0.182. The summed E-state index contributed by atoms with van der Waals surface area (Å²) in [4.78, 5) is 7.65. The molecular weight excluding hydrogens is 475 g/mol. The third kappa shape index (κ3) is 5.17. The van der Waals surface area contributed by atoms with Gasteiger partial charge in [-0.05, 0) is 41.8 Å². The molecule has 2 heterocycles. The van der Waals surface area contributed by atoms with Gasteiger partial charge in [-0.3, -0.25) is 4.99 Å². The van der Waals surface area contributed by atoms with Crippen LogP contribution in [0.25, 0.3) is 16.6 Å². The van der Waals surface area contributed by atoms with Gasteiger partial charge in [0.15, 0.2) is 5.96 Å². The predicted molar refractivity (Wildman–Crippen MR) is 129 cm³/mol. The largest absolute Gasteiger partial charge is 0.361 e. The van der Waals surface area contributed by atoms with Gasteiger partial charge in [0.05, 0.1) is 5.69 Å². The molecular formula is C22H25IN6. The number of benzene rings is 2. The molecule has 29 heavy (non-hydrogen) atoms. The molecule has 150 valence electrons. The highest BCUT2D eigenvalue weighted by molar-refractivity contribution is 14.0. The molecule has 0 atom stereocenters. The molecule has 4 rings (SSSR count). The number of nitrogens with one attached hydrogen (secondary N) is 3. The zero-order chi connectivity index (χ0) is 19.2. The summed E-state index contributed by atoms with van der Waals surface area (Å²) in [6.45, 7) is 1.51. The van der Waals surface area contributed by atoms with E-state index < -0.39 is 0 Å². The van der Waals surface area contributed by atoms with Gasteiger partial charge in [0.1, 0.15) is 0 Å². The number of aliphatic imine (C=N–C) groups is 1. The number of aromatic amines is 1. The van der Waals surface area contributed by atoms with Crippen LogP contribution in [-0.2, 0) is 13.0 Å². The van der Waals surface area contributed by atoms with Crippen LogP contribution >= 0.6 is 24.0 Å². The fourth-order valence-electron chi connectivity index (χ4n) is 3.29. The third-order valence-corrected chi connectivity index (χ3v) is 4.72. The van der Waals surface area contributed by atoms with E-state index in [9.17, 15) is 0 Å². The highest BCUT2D eigenvalue weighted by Crippen LogP contribution is 2.17. The van der Waals surface area contributed by atoms with Gasteiger partial charge >= 0.3 is 0 Å². The van der Waals surface area contributed by atoms with Gasteiger partial charge in [-0.2, -0.15) is 5.10 Å². The van der Waals surface area contributed by atoms with Gasteiger partial charge in [0, 0.05) is 49.6 Å². The molecule has 0 amide bonds. The van der Waals surface area contributed by atoms with Gasteiger partial charge in [-0.25, -0.2) is 4.68 Å². The zero-order valence-corrected chi connectivity index (χ0v) is 18.6. The Morgan fingerprint density at radius 3 is 2.83 bits per heavy atom. The van der Waals surface area contributed by atoms with Crippen LogP contribution in [0.2, 0.25) is 0 Å². The molecule has 0 aliphatic heterocycles. The first-order chi connectivity index (χ1) is 13.8. The van der Waals surface area contributed by atoms with Gasteiger partial charge in [-0.15, -0.1) is 24.0 Å². The SMILES string of the molecule is CN=C(NCCc1c[nH]c2ccccc12)NCc1cccc(-n2cccn2)c1.I.